The minimum Gasteiger partial charge on any atom is -0.463 e. The van der Waals surface area contributed by atoms with E-state index in [9.17, 15) is 22.8 Å². The maximum absolute atomic E-state index is 13.9. The molecule has 1 amide bonds. The number of nitrogens with zero attached hydrogens (tertiary/aromatic N) is 2. The second-order valence-electron chi connectivity index (χ2n) is 5.10. The number of rotatable bonds is 6. The number of esters is 1. The van der Waals surface area contributed by atoms with Crippen LogP contribution in [0.5, 0.6) is 0 Å². The lowest BCUT2D eigenvalue weighted by Gasteiger charge is -2.34. The molecule has 0 saturated heterocycles. The van der Waals surface area contributed by atoms with Crippen LogP contribution < -0.4 is 10.6 Å². The van der Waals surface area contributed by atoms with Gasteiger partial charge in [-0.1, -0.05) is 23.7 Å². The van der Waals surface area contributed by atoms with Gasteiger partial charge < -0.3 is 15.4 Å². The monoisotopic (exact) mass is 402 g/mol. The average molecular weight is 403 g/mol. The van der Waals surface area contributed by atoms with Gasteiger partial charge in [0, 0.05) is 12.4 Å². The van der Waals surface area contributed by atoms with Crippen LogP contribution in [0.25, 0.3) is 0 Å². The van der Waals surface area contributed by atoms with Crippen molar-refractivity contribution in [2.45, 2.75) is 18.8 Å². The van der Waals surface area contributed by atoms with Gasteiger partial charge in [-0.3, -0.25) is 4.79 Å². The van der Waals surface area contributed by atoms with E-state index >= 15 is 0 Å². The predicted molar refractivity (Wildman–Crippen MR) is 90.0 cm³/mol. The molecule has 0 radical (unpaired) electrons. The van der Waals surface area contributed by atoms with Crippen molar-refractivity contribution < 1.29 is 27.5 Å². The summed E-state index contributed by atoms with van der Waals surface area (Å²) in [4.78, 5) is 31.9. The lowest BCUT2D eigenvalue weighted by Crippen LogP contribution is -2.69. The third-order valence-corrected chi connectivity index (χ3v) is 3.62. The highest BCUT2D eigenvalue weighted by molar-refractivity contribution is 6.33. The zero-order valence-electron chi connectivity index (χ0n) is 13.9. The second-order valence-corrected chi connectivity index (χ2v) is 5.51. The van der Waals surface area contributed by atoms with Crippen molar-refractivity contribution in [2.75, 3.05) is 11.9 Å². The van der Waals surface area contributed by atoms with Crippen molar-refractivity contribution in [1.82, 2.24) is 15.3 Å². The lowest BCUT2D eigenvalue weighted by molar-refractivity contribution is -0.204. The Hall–Kier alpha value is -2.88. The standard InChI is InChI=1S/C16H14ClF3N4O3/c1-2-27-13(26)15(16(18,19)20,24-14-21-8-5-9-22-14)23-12(25)10-6-3-4-7-11(10)17/h3-9H,2H2,1H3,(H,23,25)(H,21,22,24)/t15-/m1/s1. The van der Waals surface area contributed by atoms with Crippen LogP contribution in [0.2, 0.25) is 5.02 Å². The van der Waals surface area contributed by atoms with E-state index in [4.69, 9.17) is 11.6 Å². The first-order valence-electron chi connectivity index (χ1n) is 7.57. The van der Waals surface area contributed by atoms with E-state index in [-0.39, 0.29) is 17.2 Å². The molecule has 11 heteroatoms. The Morgan fingerprint density at radius 2 is 1.78 bits per heavy atom. The van der Waals surface area contributed by atoms with Gasteiger partial charge in [-0.05, 0) is 25.1 Å². The number of nitrogens with one attached hydrogen (secondary N) is 2. The summed E-state index contributed by atoms with van der Waals surface area (Å²) in [5.41, 5.74) is -3.88. The van der Waals surface area contributed by atoms with Crippen molar-refractivity contribution in [3.8, 4) is 0 Å². The molecule has 2 rings (SSSR count). The summed E-state index contributed by atoms with van der Waals surface area (Å²) in [7, 11) is 0. The fraction of sp³-hybridized carbons (Fsp3) is 0.250. The van der Waals surface area contributed by atoms with Gasteiger partial charge in [-0.2, -0.15) is 13.2 Å². The molecule has 0 saturated carbocycles. The number of benzene rings is 1. The topological polar surface area (TPSA) is 93.2 Å². The summed E-state index contributed by atoms with van der Waals surface area (Å²) in [6, 6.07) is 6.81. The Morgan fingerprint density at radius 3 is 2.33 bits per heavy atom. The maximum Gasteiger partial charge on any atom is 0.442 e. The molecular weight excluding hydrogens is 389 g/mol. The van der Waals surface area contributed by atoms with E-state index in [2.05, 4.69) is 14.7 Å². The fourth-order valence-electron chi connectivity index (χ4n) is 2.04. The normalized spacial score (nSPS) is 13.4. The summed E-state index contributed by atoms with van der Waals surface area (Å²) < 4.78 is 46.4. The maximum atomic E-state index is 13.9. The molecule has 7 nitrogen and oxygen atoms in total. The first-order valence-corrected chi connectivity index (χ1v) is 7.95. The number of ether oxygens (including phenoxy) is 1. The van der Waals surface area contributed by atoms with Crippen LogP contribution in [0.4, 0.5) is 19.1 Å². The molecule has 2 N–H and O–H groups in total. The summed E-state index contributed by atoms with van der Waals surface area (Å²) >= 11 is 5.86. The van der Waals surface area contributed by atoms with Gasteiger partial charge in [0.25, 0.3) is 5.91 Å². The number of carbonyl (C=O) groups is 2. The van der Waals surface area contributed by atoms with Gasteiger partial charge in [0.15, 0.2) is 0 Å². The minimum atomic E-state index is -5.30. The molecule has 0 aliphatic rings. The van der Waals surface area contributed by atoms with E-state index in [1.54, 1.807) is 5.32 Å². The van der Waals surface area contributed by atoms with E-state index < -0.39 is 29.7 Å². The van der Waals surface area contributed by atoms with Crippen LogP contribution in [0, 0.1) is 0 Å². The molecule has 0 unspecified atom stereocenters. The van der Waals surface area contributed by atoms with Crippen LogP contribution in [0.15, 0.2) is 42.7 Å². The third kappa shape index (κ3) is 4.45. The molecule has 2 aromatic rings. The highest BCUT2D eigenvalue weighted by atomic mass is 35.5. The molecule has 27 heavy (non-hydrogen) atoms. The van der Waals surface area contributed by atoms with Crippen molar-refractivity contribution in [2.24, 2.45) is 0 Å². The van der Waals surface area contributed by atoms with E-state index in [1.165, 1.54) is 37.3 Å². The Bertz CT molecular complexity index is 820. The molecule has 0 aliphatic carbocycles. The van der Waals surface area contributed by atoms with Gasteiger partial charge in [-0.25, -0.2) is 14.8 Å². The molecule has 0 fully saturated rings. The summed E-state index contributed by atoms with van der Waals surface area (Å²) in [6.45, 7) is 0.976. The van der Waals surface area contributed by atoms with Crippen LogP contribution in [-0.4, -0.2) is 40.3 Å². The number of hydrogen-bond acceptors (Lipinski definition) is 6. The summed E-state index contributed by atoms with van der Waals surface area (Å²) in [6.07, 6.45) is -2.97. The Labute approximate surface area is 156 Å². The second kappa shape index (κ2) is 8.21. The molecule has 1 aromatic carbocycles. The van der Waals surface area contributed by atoms with Crippen molar-refractivity contribution >= 4 is 29.4 Å². The van der Waals surface area contributed by atoms with Crippen LogP contribution in [-0.2, 0) is 9.53 Å². The fourth-order valence-corrected chi connectivity index (χ4v) is 2.27. The Morgan fingerprint density at radius 1 is 1.15 bits per heavy atom. The van der Waals surface area contributed by atoms with Gasteiger partial charge in [0.2, 0.25) is 5.95 Å². The molecule has 0 aliphatic heterocycles. The molecule has 1 atom stereocenters. The van der Waals surface area contributed by atoms with Crippen molar-refractivity contribution in [3.63, 3.8) is 0 Å². The number of anilines is 1. The largest absolute Gasteiger partial charge is 0.463 e. The summed E-state index contributed by atoms with van der Waals surface area (Å²) in [5, 5.41) is 3.40. The number of halogens is 4. The van der Waals surface area contributed by atoms with Crippen LogP contribution in [0.1, 0.15) is 17.3 Å². The van der Waals surface area contributed by atoms with Crippen LogP contribution >= 0.6 is 11.6 Å². The minimum absolute atomic E-state index is 0.0918. The van der Waals surface area contributed by atoms with Crippen molar-refractivity contribution in [1.29, 1.82) is 0 Å². The first kappa shape index (κ1) is 20.4. The zero-order chi connectivity index (χ0) is 20.1. The number of alkyl halides is 3. The Kier molecular flexibility index (Phi) is 6.21. The van der Waals surface area contributed by atoms with Crippen LogP contribution in [0.3, 0.4) is 0 Å². The third-order valence-electron chi connectivity index (χ3n) is 3.29. The van der Waals surface area contributed by atoms with Gasteiger partial charge >= 0.3 is 17.8 Å². The number of carbonyl (C=O) groups excluding carboxylic acids is 2. The van der Waals surface area contributed by atoms with Gasteiger partial charge in [0.05, 0.1) is 17.2 Å². The van der Waals surface area contributed by atoms with E-state index in [0.717, 1.165) is 12.4 Å². The number of hydrogen-bond donors (Lipinski definition) is 2. The van der Waals surface area contributed by atoms with Crippen molar-refractivity contribution in [3.05, 3.63) is 53.3 Å². The average Bonchev–Trinajstić information content (AvgIpc) is 2.61. The SMILES string of the molecule is CCOC(=O)[C@@](NC(=O)c1ccccc1Cl)(Nc1ncccn1)C(F)(F)F. The lowest BCUT2D eigenvalue weighted by atomic mass is 10.1. The van der Waals surface area contributed by atoms with Gasteiger partial charge in [-0.15, -0.1) is 0 Å². The number of amides is 1. The highest BCUT2D eigenvalue weighted by Gasteiger charge is 2.64. The van der Waals surface area contributed by atoms with E-state index in [1.807, 2.05) is 5.32 Å². The molecular formula is C16H14ClF3N4O3. The Balaban J connectivity index is 2.51. The quantitative estimate of drug-likeness (QED) is 0.570. The number of aromatic nitrogens is 2. The molecule has 144 valence electrons. The first-order chi connectivity index (χ1) is 12.7. The van der Waals surface area contributed by atoms with E-state index in [0.29, 0.717) is 0 Å². The smallest absolute Gasteiger partial charge is 0.442 e. The zero-order valence-corrected chi connectivity index (χ0v) is 14.6. The highest BCUT2D eigenvalue weighted by Crippen LogP contribution is 2.33. The molecule has 1 aromatic heterocycles. The molecule has 0 spiro atoms. The molecule has 0 bridgehead atoms. The summed E-state index contributed by atoms with van der Waals surface area (Å²) in [5.74, 6) is -3.55. The van der Waals surface area contributed by atoms with Gasteiger partial charge in [0.1, 0.15) is 0 Å². The predicted octanol–water partition coefficient (Wildman–Crippen LogP) is 2.79. The molecule has 1 heterocycles.